The van der Waals surface area contributed by atoms with Gasteiger partial charge in [-0.1, -0.05) is 12.1 Å². The van der Waals surface area contributed by atoms with Gasteiger partial charge >= 0.3 is 6.18 Å². The van der Waals surface area contributed by atoms with Gasteiger partial charge in [-0.3, -0.25) is 4.90 Å². The Morgan fingerprint density at radius 1 is 1.19 bits per heavy atom. The highest BCUT2D eigenvalue weighted by molar-refractivity contribution is 5.26. The van der Waals surface area contributed by atoms with Crippen molar-refractivity contribution < 1.29 is 13.2 Å². The van der Waals surface area contributed by atoms with E-state index in [1.807, 2.05) is 0 Å². The zero-order chi connectivity index (χ0) is 15.6. The van der Waals surface area contributed by atoms with Crippen molar-refractivity contribution in [3.8, 4) is 0 Å². The molecule has 1 atom stereocenters. The third kappa shape index (κ3) is 4.71. The van der Waals surface area contributed by atoms with Crippen LogP contribution in [0.3, 0.4) is 0 Å². The van der Waals surface area contributed by atoms with E-state index in [1.165, 1.54) is 25.0 Å². The van der Waals surface area contributed by atoms with Crippen LogP contribution in [0.4, 0.5) is 13.2 Å². The lowest BCUT2D eigenvalue weighted by Gasteiger charge is -2.29. The number of halogens is 3. The Morgan fingerprint density at radius 2 is 1.76 bits per heavy atom. The van der Waals surface area contributed by atoms with Gasteiger partial charge in [-0.05, 0) is 50.3 Å². The molecule has 0 aromatic heterocycles. The summed E-state index contributed by atoms with van der Waals surface area (Å²) in [5.41, 5.74) is 6.29. The summed E-state index contributed by atoms with van der Waals surface area (Å²) in [6.07, 6.45) is -1.74. The molecule has 1 fully saturated rings. The van der Waals surface area contributed by atoms with Crippen molar-refractivity contribution >= 4 is 0 Å². The minimum atomic E-state index is -4.29. The quantitative estimate of drug-likeness (QED) is 0.865. The molecular weight excluding hydrogens is 277 g/mol. The topological polar surface area (TPSA) is 29.3 Å². The maximum atomic E-state index is 12.5. The molecule has 2 nitrogen and oxygen atoms in total. The lowest BCUT2D eigenvalue weighted by Crippen LogP contribution is -2.38. The van der Waals surface area contributed by atoms with Crippen LogP contribution in [0, 0.1) is 5.92 Å². The number of nitrogens with two attached hydrogens (primary N) is 1. The van der Waals surface area contributed by atoms with Gasteiger partial charge in [0.15, 0.2) is 0 Å². The molecule has 1 aliphatic rings. The fraction of sp³-hybridized carbons (Fsp3) is 0.625. The summed E-state index contributed by atoms with van der Waals surface area (Å²) < 4.78 is 37.6. The molecule has 0 saturated heterocycles. The van der Waals surface area contributed by atoms with E-state index in [2.05, 4.69) is 18.7 Å². The normalized spacial score (nSPS) is 17.5. The highest BCUT2D eigenvalue weighted by Crippen LogP contribution is 2.32. The van der Waals surface area contributed by atoms with Crippen LogP contribution in [0.1, 0.15) is 43.9 Å². The Kier molecular flexibility index (Phi) is 4.94. The van der Waals surface area contributed by atoms with E-state index in [0.29, 0.717) is 12.6 Å². The maximum absolute atomic E-state index is 12.5. The first-order valence-corrected chi connectivity index (χ1v) is 7.44. The monoisotopic (exact) mass is 300 g/mol. The second kappa shape index (κ2) is 6.36. The molecule has 2 rings (SSSR count). The van der Waals surface area contributed by atoms with Crippen molar-refractivity contribution in [3.63, 3.8) is 0 Å². The Labute approximate surface area is 124 Å². The maximum Gasteiger partial charge on any atom is 0.416 e. The third-order valence-corrected chi connectivity index (χ3v) is 4.02. The average molecular weight is 300 g/mol. The van der Waals surface area contributed by atoms with E-state index in [1.54, 1.807) is 0 Å². The Bertz CT molecular complexity index is 450. The Morgan fingerprint density at radius 3 is 2.19 bits per heavy atom. The van der Waals surface area contributed by atoms with Gasteiger partial charge in [0.2, 0.25) is 0 Å². The van der Waals surface area contributed by atoms with Gasteiger partial charge in [0.05, 0.1) is 5.56 Å². The molecule has 1 aliphatic carbocycles. The number of nitrogens with zero attached hydrogens (tertiary/aromatic N) is 1. The van der Waals surface area contributed by atoms with E-state index in [9.17, 15) is 13.2 Å². The molecular formula is C16H23F3N2. The lowest BCUT2D eigenvalue weighted by molar-refractivity contribution is -0.137. The molecule has 0 radical (unpaired) electrons. The molecule has 118 valence electrons. The van der Waals surface area contributed by atoms with Crippen molar-refractivity contribution in [1.82, 2.24) is 4.90 Å². The van der Waals surface area contributed by atoms with Crippen molar-refractivity contribution in [2.45, 2.75) is 44.9 Å². The van der Waals surface area contributed by atoms with Gasteiger partial charge in [-0.2, -0.15) is 13.2 Å². The summed E-state index contributed by atoms with van der Waals surface area (Å²) in [5.74, 6) is 0.771. The van der Waals surface area contributed by atoms with Crippen molar-refractivity contribution in [1.29, 1.82) is 0 Å². The minimum Gasteiger partial charge on any atom is -0.323 e. The van der Waals surface area contributed by atoms with Crippen LogP contribution in [0.15, 0.2) is 24.3 Å². The highest BCUT2D eigenvalue weighted by atomic mass is 19.4. The van der Waals surface area contributed by atoms with Crippen LogP contribution in [-0.4, -0.2) is 24.0 Å². The molecule has 1 aromatic rings. The molecule has 2 N–H and O–H groups in total. The molecule has 5 heteroatoms. The largest absolute Gasteiger partial charge is 0.416 e. The zero-order valence-corrected chi connectivity index (χ0v) is 12.5. The van der Waals surface area contributed by atoms with E-state index < -0.39 is 11.7 Å². The van der Waals surface area contributed by atoms with Gasteiger partial charge in [0.25, 0.3) is 0 Å². The molecule has 0 heterocycles. The second-order valence-corrected chi connectivity index (χ2v) is 6.22. The van der Waals surface area contributed by atoms with Crippen LogP contribution in [0.25, 0.3) is 0 Å². The lowest BCUT2D eigenvalue weighted by atomic mass is 10.0. The van der Waals surface area contributed by atoms with Gasteiger partial charge < -0.3 is 5.73 Å². The standard InChI is InChI=1S/C16H23F3N2/c1-11(2)21(9-12-3-4-12)10-15(20)13-5-7-14(8-6-13)16(17,18)19/h5-8,11-12,15H,3-4,9-10,20H2,1-2H3. The van der Waals surface area contributed by atoms with Gasteiger partial charge in [0, 0.05) is 25.2 Å². The first-order chi connectivity index (χ1) is 9.77. The van der Waals surface area contributed by atoms with Gasteiger partial charge in [-0.15, -0.1) is 0 Å². The smallest absolute Gasteiger partial charge is 0.323 e. The number of rotatable bonds is 6. The van der Waals surface area contributed by atoms with Gasteiger partial charge in [-0.25, -0.2) is 0 Å². The van der Waals surface area contributed by atoms with Crippen molar-refractivity contribution in [2.75, 3.05) is 13.1 Å². The molecule has 1 saturated carbocycles. The van der Waals surface area contributed by atoms with Crippen LogP contribution in [0.5, 0.6) is 0 Å². The summed E-state index contributed by atoms with van der Waals surface area (Å²) in [6, 6.07) is 5.33. The van der Waals surface area contributed by atoms with Crippen molar-refractivity contribution in [3.05, 3.63) is 35.4 Å². The molecule has 1 aromatic carbocycles. The fourth-order valence-electron chi connectivity index (χ4n) is 2.41. The molecule has 21 heavy (non-hydrogen) atoms. The highest BCUT2D eigenvalue weighted by Gasteiger charge is 2.30. The SMILES string of the molecule is CC(C)N(CC1CC1)CC(N)c1ccc(C(F)(F)F)cc1. The minimum absolute atomic E-state index is 0.256. The predicted octanol–water partition coefficient (Wildman–Crippen LogP) is 3.83. The Balaban J connectivity index is 1.99. The van der Waals surface area contributed by atoms with Crippen LogP contribution < -0.4 is 5.73 Å². The van der Waals surface area contributed by atoms with E-state index in [0.717, 1.165) is 30.2 Å². The number of hydrogen-bond donors (Lipinski definition) is 1. The van der Waals surface area contributed by atoms with Crippen LogP contribution in [-0.2, 0) is 6.18 Å². The van der Waals surface area contributed by atoms with Crippen molar-refractivity contribution in [2.24, 2.45) is 11.7 Å². The van der Waals surface area contributed by atoms with E-state index >= 15 is 0 Å². The summed E-state index contributed by atoms with van der Waals surface area (Å²) in [4.78, 5) is 2.32. The molecule has 0 aliphatic heterocycles. The molecule has 1 unspecified atom stereocenters. The van der Waals surface area contributed by atoms with Crippen LogP contribution >= 0.6 is 0 Å². The van der Waals surface area contributed by atoms with Gasteiger partial charge in [0.1, 0.15) is 0 Å². The fourth-order valence-corrected chi connectivity index (χ4v) is 2.41. The number of hydrogen-bond acceptors (Lipinski definition) is 2. The summed E-state index contributed by atoms with van der Waals surface area (Å²) in [6.45, 7) is 5.97. The first kappa shape index (κ1) is 16.3. The zero-order valence-electron chi connectivity index (χ0n) is 12.5. The number of benzene rings is 1. The van der Waals surface area contributed by atoms with Crippen LogP contribution in [0.2, 0.25) is 0 Å². The number of alkyl halides is 3. The summed E-state index contributed by atoms with van der Waals surface area (Å²) in [7, 11) is 0. The first-order valence-electron chi connectivity index (χ1n) is 7.44. The molecule has 0 bridgehead atoms. The summed E-state index contributed by atoms with van der Waals surface area (Å²) in [5, 5.41) is 0. The second-order valence-electron chi connectivity index (χ2n) is 6.22. The average Bonchev–Trinajstić information content (AvgIpc) is 3.21. The summed E-state index contributed by atoms with van der Waals surface area (Å²) >= 11 is 0. The van der Waals surface area contributed by atoms with E-state index in [4.69, 9.17) is 5.73 Å². The Hall–Kier alpha value is -1.07. The molecule has 0 spiro atoms. The molecule has 0 amide bonds. The predicted molar refractivity (Wildman–Crippen MR) is 77.8 cm³/mol. The van der Waals surface area contributed by atoms with E-state index in [-0.39, 0.29) is 6.04 Å². The third-order valence-electron chi connectivity index (χ3n) is 4.02.